The summed E-state index contributed by atoms with van der Waals surface area (Å²) >= 11 is 0. The van der Waals surface area contributed by atoms with E-state index in [4.69, 9.17) is 4.74 Å². The van der Waals surface area contributed by atoms with Crippen LogP contribution in [-0.4, -0.2) is 27.7 Å². The predicted octanol–water partition coefficient (Wildman–Crippen LogP) is 7.74. The minimum atomic E-state index is -0.487. The Bertz CT molecular complexity index is 1570. The normalized spacial score (nSPS) is 17.3. The maximum Gasteiger partial charge on any atom is 0.297 e. The second kappa shape index (κ2) is 8.33. The topological polar surface area (TPSA) is 88.2 Å². The summed E-state index contributed by atoms with van der Waals surface area (Å²) in [6, 6.07) is 7.75. The summed E-state index contributed by atoms with van der Waals surface area (Å²) in [5.74, 6) is 0.182. The number of rotatable bonds is 4. The molecule has 37 heavy (non-hydrogen) atoms. The molecular weight excluding hydrogens is 464 g/mol. The molecule has 3 aromatic rings. The molecule has 0 spiro atoms. The molecule has 0 radical (unpaired) electrons. The molecule has 0 saturated carbocycles. The first kappa shape index (κ1) is 24.8. The average molecular weight is 499 g/mol. The van der Waals surface area contributed by atoms with Crippen molar-refractivity contribution in [3.8, 4) is 11.6 Å². The lowest BCUT2D eigenvalue weighted by atomic mass is 9.88. The Kier molecular flexibility index (Phi) is 5.59. The van der Waals surface area contributed by atoms with Crippen molar-refractivity contribution in [3.63, 3.8) is 0 Å². The first-order valence-electron chi connectivity index (χ1n) is 12.7. The Morgan fingerprint density at radius 3 is 2.43 bits per heavy atom. The molecule has 2 aliphatic rings. The number of ether oxygens (including phenoxy) is 1. The fourth-order valence-corrected chi connectivity index (χ4v) is 5.77. The minimum absolute atomic E-state index is 0.0282. The van der Waals surface area contributed by atoms with Gasteiger partial charge in [-0.25, -0.2) is 0 Å². The lowest BCUT2D eigenvalue weighted by Gasteiger charge is -2.32. The van der Waals surface area contributed by atoms with E-state index < -0.39 is 11.4 Å². The maximum absolute atomic E-state index is 13.5. The van der Waals surface area contributed by atoms with Crippen LogP contribution in [0, 0.1) is 6.92 Å². The number of aryl methyl sites for hydroxylation is 1. The molecule has 0 unspecified atom stereocenters. The van der Waals surface area contributed by atoms with E-state index in [9.17, 15) is 9.90 Å². The van der Waals surface area contributed by atoms with Crippen LogP contribution < -0.4 is 10.1 Å². The van der Waals surface area contributed by atoms with E-state index in [0.29, 0.717) is 23.3 Å². The summed E-state index contributed by atoms with van der Waals surface area (Å²) < 4.78 is 7.67. The van der Waals surface area contributed by atoms with Gasteiger partial charge in [0.1, 0.15) is 5.75 Å². The van der Waals surface area contributed by atoms with Gasteiger partial charge in [0.25, 0.3) is 5.91 Å². The highest BCUT2D eigenvalue weighted by molar-refractivity contribution is 6.05. The van der Waals surface area contributed by atoms with Gasteiger partial charge in [-0.05, 0) is 96.4 Å². The zero-order valence-corrected chi connectivity index (χ0v) is 22.8. The smallest absolute Gasteiger partial charge is 0.297 e. The molecule has 0 fully saturated rings. The molecular formula is C30H34N4O3. The molecule has 0 saturated heterocycles. The van der Waals surface area contributed by atoms with Gasteiger partial charge in [0.05, 0.1) is 34.5 Å². The van der Waals surface area contributed by atoms with E-state index in [1.54, 1.807) is 0 Å². The Balaban J connectivity index is 1.65. The summed E-state index contributed by atoms with van der Waals surface area (Å²) in [4.78, 5) is 13.5. The van der Waals surface area contributed by atoms with Gasteiger partial charge in [-0.1, -0.05) is 12.2 Å². The van der Waals surface area contributed by atoms with Crippen LogP contribution in [0.15, 0.2) is 46.6 Å². The zero-order chi connectivity index (χ0) is 26.9. The molecule has 5 rings (SSSR count). The fourth-order valence-electron chi connectivity index (χ4n) is 5.77. The van der Waals surface area contributed by atoms with Crippen molar-refractivity contribution in [2.45, 2.75) is 66.5 Å². The van der Waals surface area contributed by atoms with E-state index in [1.165, 1.54) is 0 Å². The lowest BCUT2D eigenvalue weighted by molar-refractivity contribution is 0.0995. The number of nitrogens with one attached hydrogen (secondary N) is 1. The van der Waals surface area contributed by atoms with Crippen LogP contribution in [-0.2, 0) is 5.54 Å². The third-order valence-electron chi connectivity index (χ3n) is 7.07. The van der Waals surface area contributed by atoms with Crippen LogP contribution in [0.5, 0.6) is 11.6 Å². The van der Waals surface area contributed by atoms with Crippen molar-refractivity contribution in [1.29, 1.82) is 0 Å². The molecule has 7 heteroatoms. The number of carbonyl (C=O) groups is 1. The van der Waals surface area contributed by atoms with Crippen LogP contribution in [0.3, 0.4) is 0 Å². The molecule has 2 N–H and O–H groups in total. The number of nitrogens with zero attached hydrogens (tertiary/aromatic N) is 3. The van der Waals surface area contributed by atoms with Crippen LogP contribution in [0.25, 0.3) is 22.0 Å². The number of aromatic hydroxyl groups is 1. The van der Waals surface area contributed by atoms with Gasteiger partial charge >= 0.3 is 0 Å². The summed E-state index contributed by atoms with van der Waals surface area (Å²) in [7, 11) is 0. The number of aromatic nitrogens is 1. The number of allylic oxidation sites excluding steroid dienone is 3. The van der Waals surface area contributed by atoms with Crippen molar-refractivity contribution < 1.29 is 14.6 Å². The van der Waals surface area contributed by atoms with Gasteiger partial charge < -0.3 is 19.7 Å². The van der Waals surface area contributed by atoms with Crippen molar-refractivity contribution in [1.82, 2.24) is 4.57 Å². The molecule has 192 valence electrons. The number of azo groups is 1. The van der Waals surface area contributed by atoms with Gasteiger partial charge in [-0.15, -0.1) is 10.2 Å². The van der Waals surface area contributed by atoms with Crippen LogP contribution in [0.4, 0.5) is 11.4 Å². The summed E-state index contributed by atoms with van der Waals surface area (Å²) in [5, 5.41) is 24.0. The monoisotopic (exact) mass is 498 g/mol. The Morgan fingerprint density at radius 1 is 1.03 bits per heavy atom. The molecule has 0 bridgehead atoms. The molecule has 1 amide bonds. The van der Waals surface area contributed by atoms with E-state index in [2.05, 4.69) is 61.5 Å². The van der Waals surface area contributed by atoms with Gasteiger partial charge in [0, 0.05) is 16.5 Å². The van der Waals surface area contributed by atoms with Gasteiger partial charge in [-0.2, -0.15) is 0 Å². The number of benzene rings is 2. The van der Waals surface area contributed by atoms with Crippen LogP contribution in [0.1, 0.15) is 75.5 Å². The number of carbonyl (C=O) groups excluding carboxylic acids is 1. The maximum atomic E-state index is 13.5. The molecule has 2 aliphatic heterocycles. The third kappa shape index (κ3) is 4.02. The summed E-state index contributed by atoms with van der Waals surface area (Å²) in [6.45, 7) is 16.7. The van der Waals surface area contributed by atoms with Crippen LogP contribution in [0.2, 0.25) is 0 Å². The molecule has 0 atom stereocenters. The van der Waals surface area contributed by atoms with E-state index in [-0.39, 0.29) is 17.1 Å². The van der Waals surface area contributed by atoms with E-state index in [0.717, 1.165) is 39.0 Å². The average Bonchev–Trinajstić information content (AvgIpc) is 3.07. The largest absolute Gasteiger partial charge is 0.494 e. The van der Waals surface area contributed by atoms with Gasteiger partial charge in [0.2, 0.25) is 5.88 Å². The Hall–Kier alpha value is -3.87. The van der Waals surface area contributed by atoms with E-state index in [1.807, 2.05) is 50.5 Å². The molecule has 3 heterocycles. The Labute approximate surface area is 217 Å². The second-order valence-electron chi connectivity index (χ2n) is 11.2. The standard InChI is InChI=1S/C30H34N4O3/c1-9-37-19-12-21-18(4)15-30(7,8)34-26(21)22(13-19)25(28(34)36)32-33-27(35)23-11-16(2)10-20-17(3)14-29(5,6)31-24(20)23/h10-15,31,36H,9H2,1-8H3. The molecule has 1 aromatic heterocycles. The predicted molar refractivity (Wildman–Crippen MR) is 149 cm³/mol. The highest BCUT2D eigenvalue weighted by Crippen LogP contribution is 2.49. The van der Waals surface area contributed by atoms with Crippen molar-refractivity contribution in [3.05, 3.63) is 58.7 Å². The number of anilines is 1. The van der Waals surface area contributed by atoms with Gasteiger partial charge in [-0.3, -0.25) is 4.79 Å². The van der Waals surface area contributed by atoms with Crippen molar-refractivity contribution in [2.75, 3.05) is 11.9 Å². The second-order valence-corrected chi connectivity index (χ2v) is 11.2. The highest BCUT2D eigenvalue weighted by atomic mass is 16.5. The SMILES string of the molecule is CCOc1cc2c3c(c1)c(N=NC(=O)c1cc(C)cc4c1NC(C)(C)C=C4C)c(O)n3C(C)(C)C=C2C. The number of fused-ring (bicyclic) bond motifs is 1. The van der Waals surface area contributed by atoms with Crippen LogP contribution >= 0.6 is 0 Å². The van der Waals surface area contributed by atoms with Crippen molar-refractivity contribution in [2.24, 2.45) is 10.2 Å². The van der Waals surface area contributed by atoms with Crippen molar-refractivity contribution >= 4 is 39.3 Å². The molecule has 2 aromatic carbocycles. The fraction of sp³-hybridized carbons (Fsp3) is 0.367. The minimum Gasteiger partial charge on any atom is -0.494 e. The molecule has 0 aliphatic carbocycles. The van der Waals surface area contributed by atoms with E-state index >= 15 is 0 Å². The number of hydrogen-bond acceptors (Lipinski definition) is 5. The number of hydrogen-bond donors (Lipinski definition) is 2. The highest BCUT2D eigenvalue weighted by Gasteiger charge is 2.33. The first-order chi connectivity index (χ1) is 17.3. The lowest BCUT2D eigenvalue weighted by Crippen LogP contribution is -2.32. The number of amides is 1. The Morgan fingerprint density at radius 2 is 1.73 bits per heavy atom. The quantitative estimate of drug-likeness (QED) is 0.360. The molecule has 7 nitrogen and oxygen atoms in total. The van der Waals surface area contributed by atoms with Gasteiger partial charge in [0.15, 0.2) is 5.69 Å². The summed E-state index contributed by atoms with van der Waals surface area (Å²) in [5.41, 5.74) is 6.64. The summed E-state index contributed by atoms with van der Waals surface area (Å²) in [6.07, 6.45) is 4.27. The zero-order valence-electron chi connectivity index (χ0n) is 22.8. The first-order valence-corrected chi connectivity index (χ1v) is 12.7. The third-order valence-corrected chi connectivity index (χ3v) is 7.07.